The topological polar surface area (TPSA) is 0 Å². The Hall–Kier alpha value is -1.25. The molecule has 2 aliphatic heterocycles. The minimum atomic E-state index is -2.37. The first kappa shape index (κ1) is 19.4. The molecule has 152 valence electrons. The molecular weight excluding hydrogens is 482 g/mol. The van der Waals surface area contributed by atoms with Gasteiger partial charge in [0.2, 0.25) is 0 Å². The van der Waals surface area contributed by atoms with Gasteiger partial charge in [0, 0.05) is 0 Å². The standard InChI is InChI=1S/C28H32Ge2/c1-5-7-17-30(18-8-6-2)23-14-10-12-20-19-11-9-13-21-25(19)27-22(29(21,3)4)15-16-24(30)28(27)26(20)23/h9-16H,5-8,17-18H2,1-4H3. The first-order chi connectivity index (χ1) is 14.6. The molecule has 2 aliphatic rings. The van der Waals surface area contributed by atoms with E-state index < -0.39 is 26.5 Å². The zero-order valence-corrected chi connectivity index (χ0v) is 23.1. The summed E-state index contributed by atoms with van der Waals surface area (Å²) in [6.07, 6.45) is 5.43. The van der Waals surface area contributed by atoms with Crippen molar-refractivity contribution in [3.05, 3.63) is 48.5 Å². The van der Waals surface area contributed by atoms with E-state index in [1.165, 1.54) is 41.6 Å². The van der Waals surface area contributed by atoms with E-state index in [1.54, 1.807) is 35.7 Å². The molecule has 0 atom stereocenters. The zero-order valence-electron chi connectivity index (χ0n) is 18.9. The minimum absolute atomic E-state index is 1.32. The Morgan fingerprint density at radius 1 is 0.567 bits per heavy atom. The first-order valence-corrected chi connectivity index (χ1v) is 23.4. The van der Waals surface area contributed by atoms with Gasteiger partial charge in [-0.3, -0.25) is 0 Å². The van der Waals surface area contributed by atoms with Gasteiger partial charge in [0.15, 0.2) is 0 Å². The molecule has 2 heterocycles. The van der Waals surface area contributed by atoms with Crippen LogP contribution in [0.3, 0.4) is 0 Å². The molecule has 0 unspecified atom stereocenters. The molecule has 4 aromatic rings. The molecule has 0 spiro atoms. The van der Waals surface area contributed by atoms with Crippen molar-refractivity contribution in [2.75, 3.05) is 0 Å². The molecule has 0 amide bonds. The average Bonchev–Trinajstić information content (AvgIpc) is 3.18. The molecule has 0 saturated carbocycles. The molecule has 30 heavy (non-hydrogen) atoms. The fourth-order valence-electron chi connectivity index (χ4n) is 6.96. The van der Waals surface area contributed by atoms with Gasteiger partial charge in [-0.05, 0) is 0 Å². The maximum absolute atomic E-state index is 2.66. The monoisotopic (exact) mass is 516 g/mol. The van der Waals surface area contributed by atoms with E-state index in [0.29, 0.717) is 0 Å². The Morgan fingerprint density at radius 3 is 1.67 bits per heavy atom. The maximum atomic E-state index is 2.66. The Kier molecular flexibility index (Phi) is 4.29. The summed E-state index contributed by atoms with van der Waals surface area (Å²) in [6, 6.07) is 19.9. The van der Waals surface area contributed by atoms with Crippen LogP contribution >= 0.6 is 0 Å². The van der Waals surface area contributed by atoms with E-state index in [-0.39, 0.29) is 0 Å². The quantitative estimate of drug-likeness (QED) is 0.227. The Balaban J connectivity index is 1.84. The van der Waals surface area contributed by atoms with Crippen molar-refractivity contribution in [1.82, 2.24) is 0 Å². The van der Waals surface area contributed by atoms with Crippen LogP contribution in [0.5, 0.6) is 0 Å². The van der Waals surface area contributed by atoms with Gasteiger partial charge in [0.25, 0.3) is 0 Å². The Bertz CT molecular complexity index is 1340. The van der Waals surface area contributed by atoms with Crippen molar-refractivity contribution < 1.29 is 0 Å². The summed E-state index contributed by atoms with van der Waals surface area (Å²) >= 11 is -4.59. The summed E-state index contributed by atoms with van der Waals surface area (Å²) < 4.78 is 7.14. The summed E-state index contributed by atoms with van der Waals surface area (Å²) in [5.74, 6) is 5.24. The normalized spacial score (nSPS) is 17.3. The van der Waals surface area contributed by atoms with Crippen LogP contribution in [-0.2, 0) is 0 Å². The Labute approximate surface area is 185 Å². The summed E-state index contributed by atoms with van der Waals surface area (Å²) in [7, 11) is 0. The summed E-state index contributed by atoms with van der Waals surface area (Å²) in [4.78, 5) is 0. The molecule has 0 aromatic heterocycles. The molecule has 0 bridgehead atoms. The van der Waals surface area contributed by atoms with Gasteiger partial charge >= 0.3 is 187 Å². The second-order valence-electron chi connectivity index (χ2n) is 10.3. The molecule has 2 heteroatoms. The van der Waals surface area contributed by atoms with Crippen LogP contribution in [-0.4, -0.2) is 26.5 Å². The van der Waals surface area contributed by atoms with Crippen LogP contribution in [0.15, 0.2) is 48.5 Å². The molecule has 0 radical (unpaired) electrons. The number of benzene rings is 4. The average molecular weight is 514 g/mol. The third-order valence-electron chi connectivity index (χ3n) is 8.42. The molecule has 0 nitrogen and oxygen atoms in total. The molecule has 6 rings (SSSR count). The van der Waals surface area contributed by atoms with E-state index in [9.17, 15) is 0 Å². The Morgan fingerprint density at radius 2 is 1.03 bits per heavy atom. The number of unbranched alkanes of at least 4 members (excludes halogenated alkanes) is 2. The van der Waals surface area contributed by atoms with Crippen LogP contribution < -0.4 is 17.6 Å². The predicted octanol–water partition coefficient (Wildman–Crippen LogP) is 5.76. The van der Waals surface area contributed by atoms with Gasteiger partial charge < -0.3 is 0 Å². The number of hydrogen-bond donors (Lipinski definition) is 0. The number of hydrogen-bond acceptors (Lipinski definition) is 0. The SMILES string of the molecule is CCC[CH2][Ge]1([CH2]CCC)[c]2cccc3c4ccc[c]5c4c4[c](cc[c]1c4c23)[Ge]5([CH3])[CH3]. The summed E-state index contributed by atoms with van der Waals surface area (Å²) in [6.45, 7) is 4.75. The number of fused-ring (bicyclic) bond motifs is 1. The number of rotatable bonds is 6. The second kappa shape index (κ2) is 6.62. The van der Waals surface area contributed by atoms with Gasteiger partial charge in [-0.15, -0.1) is 0 Å². The first-order valence-electron chi connectivity index (χ1n) is 12.0. The molecule has 0 saturated heterocycles. The van der Waals surface area contributed by atoms with Crippen LogP contribution in [0.4, 0.5) is 0 Å². The van der Waals surface area contributed by atoms with E-state index in [1.807, 2.05) is 8.79 Å². The van der Waals surface area contributed by atoms with Gasteiger partial charge in [-0.2, -0.15) is 0 Å². The fraction of sp³-hybridized carbons (Fsp3) is 0.357. The molecule has 0 fully saturated rings. The van der Waals surface area contributed by atoms with E-state index in [0.717, 1.165) is 0 Å². The second-order valence-corrected chi connectivity index (χ2v) is 28.3. The molecule has 0 aliphatic carbocycles. The molecular formula is C28H32Ge2. The molecule has 4 aromatic carbocycles. The van der Waals surface area contributed by atoms with E-state index in [4.69, 9.17) is 0 Å². The third kappa shape index (κ3) is 2.20. The fourth-order valence-corrected chi connectivity index (χ4v) is 25.6. The molecule has 0 N–H and O–H groups in total. The van der Waals surface area contributed by atoms with Gasteiger partial charge in [-0.1, -0.05) is 0 Å². The van der Waals surface area contributed by atoms with Gasteiger partial charge in [-0.25, -0.2) is 0 Å². The predicted molar refractivity (Wildman–Crippen MR) is 140 cm³/mol. The summed E-state index contributed by atoms with van der Waals surface area (Å²) in [5.41, 5.74) is 0. The van der Waals surface area contributed by atoms with Gasteiger partial charge in [0.1, 0.15) is 0 Å². The van der Waals surface area contributed by atoms with Crippen LogP contribution in [0.25, 0.3) is 32.3 Å². The summed E-state index contributed by atoms with van der Waals surface area (Å²) in [5, 5.41) is 12.8. The van der Waals surface area contributed by atoms with Crippen molar-refractivity contribution >= 4 is 76.4 Å². The van der Waals surface area contributed by atoms with Crippen molar-refractivity contribution in [2.24, 2.45) is 0 Å². The third-order valence-corrected chi connectivity index (χ3v) is 27.0. The van der Waals surface area contributed by atoms with Crippen molar-refractivity contribution in [3.8, 4) is 0 Å². The van der Waals surface area contributed by atoms with E-state index >= 15 is 0 Å². The zero-order chi connectivity index (χ0) is 20.7. The van der Waals surface area contributed by atoms with Crippen LogP contribution in [0.1, 0.15) is 39.5 Å². The van der Waals surface area contributed by atoms with Gasteiger partial charge in [0.05, 0.1) is 0 Å². The van der Waals surface area contributed by atoms with Crippen molar-refractivity contribution in [3.63, 3.8) is 0 Å². The van der Waals surface area contributed by atoms with E-state index in [2.05, 4.69) is 73.9 Å². The van der Waals surface area contributed by atoms with Crippen LogP contribution in [0.2, 0.25) is 22.0 Å². The van der Waals surface area contributed by atoms with Crippen LogP contribution in [0, 0.1) is 0 Å². The van der Waals surface area contributed by atoms with Crippen molar-refractivity contribution in [2.45, 2.75) is 61.5 Å². The van der Waals surface area contributed by atoms with Crippen molar-refractivity contribution in [1.29, 1.82) is 0 Å².